The number of ether oxygens (including phenoxy) is 3. The van der Waals surface area contributed by atoms with Crippen molar-refractivity contribution in [2.45, 2.75) is 38.4 Å². The van der Waals surface area contributed by atoms with Gasteiger partial charge in [-0.15, -0.1) is 0 Å². The molecule has 3 aromatic rings. The molecule has 40 heavy (non-hydrogen) atoms. The van der Waals surface area contributed by atoms with Crippen LogP contribution in [0.5, 0.6) is 11.5 Å². The SMILES string of the molecule is COc1cccc(C2OCc3cccn3-c3ccc(Cl)cc32)c1OC.O=C(O)CC1CCN(C(=O)C(F)F)CC1. The first-order valence-corrected chi connectivity index (χ1v) is 13.2. The number of para-hydroxylation sites is 1. The van der Waals surface area contributed by atoms with Crippen molar-refractivity contribution in [1.29, 1.82) is 0 Å². The molecule has 1 amide bonds. The fourth-order valence-electron chi connectivity index (χ4n) is 5.10. The molecule has 2 aliphatic heterocycles. The number of amides is 1. The average molecular weight is 577 g/mol. The van der Waals surface area contributed by atoms with Gasteiger partial charge in [-0.1, -0.05) is 23.7 Å². The summed E-state index contributed by atoms with van der Waals surface area (Å²) in [5.41, 5.74) is 4.05. The maximum Gasteiger partial charge on any atom is 0.315 e. The van der Waals surface area contributed by atoms with Gasteiger partial charge in [-0.25, -0.2) is 0 Å². The molecular formula is C29H31ClF2N2O6. The number of benzene rings is 2. The number of aliphatic carboxylic acids is 1. The van der Waals surface area contributed by atoms with Gasteiger partial charge in [-0.3, -0.25) is 9.59 Å². The lowest BCUT2D eigenvalue weighted by Gasteiger charge is -2.31. The van der Waals surface area contributed by atoms with Gasteiger partial charge in [-0.2, -0.15) is 8.78 Å². The predicted molar refractivity (Wildman–Crippen MR) is 145 cm³/mol. The molecular weight excluding hydrogens is 546 g/mol. The summed E-state index contributed by atoms with van der Waals surface area (Å²) in [6.07, 6.45) is -0.192. The van der Waals surface area contributed by atoms with Crippen LogP contribution in [-0.4, -0.2) is 60.2 Å². The average Bonchev–Trinajstić information content (AvgIpc) is 3.35. The number of carbonyl (C=O) groups excluding carboxylic acids is 1. The number of halogens is 3. The van der Waals surface area contributed by atoms with Crippen LogP contribution in [-0.2, 0) is 20.9 Å². The number of hydrogen-bond acceptors (Lipinski definition) is 5. The number of rotatable bonds is 6. The van der Waals surface area contributed by atoms with Crippen LogP contribution in [0.3, 0.4) is 0 Å². The molecule has 1 N–H and O–H groups in total. The maximum atomic E-state index is 12.0. The van der Waals surface area contributed by atoms with E-state index in [0.29, 0.717) is 36.0 Å². The molecule has 2 aliphatic rings. The smallest absolute Gasteiger partial charge is 0.315 e. The first-order valence-electron chi connectivity index (χ1n) is 12.8. The lowest BCUT2D eigenvalue weighted by molar-refractivity contribution is -0.144. The summed E-state index contributed by atoms with van der Waals surface area (Å²) in [4.78, 5) is 22.4. The second-order valence-corrected chi connectivity index (χ2v) is 9.95. The van der Waals surface area contributed by atoms with Gasteiger partial charge in [0.15, 0.2) is 11.5 Å². The zero-order valence-corrected chi connectivity index (χ0v) is 22.9. The minimum atomic E-state index is -2.96. The van der Waals surface area contributed by atoms with Crippen molar-refractivity contribution in [3.8, 4) is 17.2 Å². The Balaban J connectivity index is 0.000000212. The Hall–Kier alpha value is -3.63. The summed E-state index contributed by atoms with van der Waals surface area (Å²) >= 11 is 6.30. The predicted octanol–water partition coefficient (Wildman–Crippen LogP) is 5.73. The highest BCUT2D eigenvalue weighted by Crippen LogP contribution is 2.43. The standard InChI is InChI=1S/C20H18ClNO3.C9H13F2NO3/c1-23-18-7-3-6-15(20(18)24-2)19-16-11-13(21)8-9-17(16)22-10-4-5-14(22)12-25-19;10-8(11)9(15)12-3-1-6(2-4-12)5-7(13)14/h3-11,19H,12H2,1-2H3;6,8H,1-5H2,(H,13,14). The lowest BCUT2D eigenvalue weighted by Crippen LogP contribution is -2.41. The topological polar surface area (TPSA) is 90.2 Å². The van der Waals surface area contributed by atoms with E-state index in [0.717, 1.165) is 27.4 Å². The van der Waals surface area contributed by atoms with Gasteiger partial charge in [0.25, 0.3) is 5.91 Å². The van der Waals surface area contributed by atoms with Crippen LogP contribution in [0.2, 0.25) is 5.02 Å². The third kappa shape index (κ3) is 6.56. The fraction of sp³-hybridized carbons (Fsp3) is 0.379. The molecule has 11 heteroatoms. The molecule has 0 saturated carbocycles. The summed E-state index contributed by atoms with van der Waals surface area (Å²) in [7, 11) is 3.27. The van der Waals surface area contributed by atoms with Gasteiger partial charge < -0.3 is 28.8 Å². The largest absolute Gasteiger partial charge is 0.493 e. The Morgan fingerprint density at radius 2 is 1.82 bits per heavy atom. The molecule has 0 radical (unpaired) electrons. The Bertz CT molecular complexity index is 1340. The van der Waals surface area contributed by atoms with Gasteiger partial charge in [0.05, 0.1) is 26.5 Å². The summed E-state index contributed by atoms with van der Waals surface area (Å²) in [5.74, 6) is -0.676. The third-order valence-corrected chi connectivity index (χ3v) is 7.29. The Labute approximate surface area is 236 Å². The molecule has 1 atom stereocenters. The number of carbonyl (C=O) groups is 2. The number of piperidine rings is 1. The lowest BCUT2D eigenvalue weighted by atomic mass is 9.93. The molecule has 1 unspecified atom stereocenters. The Morgan fingerprint density at radius 3 is 2.48 bits per heavy atom. The van der Waals surface area contributed by atoms with Crippen LogP contribution in [0.25, 0.3) is 5.69 Å². The molecule has 3 heterocycles. The normalized spacial score (nSPS) is 16.8. The van der Waals surface area contributed by atoms with E-state index in [1.165, 1.54) is 0 Å². The molecule has 8 nitrogen and oxygen atoms in total. The van der Waals surface area contributed by atoms with E-state index in [-0.39, 0.29) is 31.5 Å². The second-order valence-electron chi connectivity index (χ2n) is 9.51. The highest BCUT2D eigenvalue weighted by Gasteiger charge is 2.29. The minimum absolute atomic E-state index is 0.00391. The molecule has 214 valence electrons. The van der Waals surface area contributed by atoms with E-state index in [9.17, 15) is 18.4 Å². The molecule has 1 fully saturated rings. The Morgan fingerprint density at radius 1 is 1.07 bits per heavy atom. The van der Waals surface area contributed by atoms with Crippen molar-refractivity contribution in [2.24, 2.45) is 5.92 Å². The van der Waals surface area contributed by atoms with Gasteiger partial charge in [0, 0.05) is 47.6 Å². The molecule has 2 aromatic carbocycles. The Kier molecular flexibility index (Phi) is 9.65. The van der Waals surface area contributed by atoms with Crippen LogP contribution in [0.1, 0.15) is 42.2 Å². The first kappa shape index (κ1) is 29.4. The zero-order chi connectivity index (χ0) is 28.8. The monoisotopic (exact) mass is 576 g/mol. The highest BCUT2D eigenvalue weighted by atomic mass is 35.5. The van der Waals surface area contributed by atoms with Crippen LogP contribution in [0.15, 0.2) is 54.7 Å². The highest BCUT2D eigenvalue weighted by molar-refractivity contribution is 6.30. The van der Waals surface area contributed by atoms with E-state index >= 15 is 0 Å². The number of likely N-dealkylation sites (tertiary alicyclic amines) is 1. The van der Waals surface area contributed by atoms with Gasteiger partial charge in [0.2, 0.25) is 0 Å². The maximum absolute atomic E-state index is 12.0. The van der Waals surface area contributed by atoms with Gasteiger partial charge in [0.1, 0.15) is 6.10 Å². The van der Waals surface area contributed by atoms with Crippen LogP contribution >= 0.6 is 11.6 Å². The van der Waals surface area contributed by atoms with E-state index in [4.69, 9.17) is 30.9 Å². The van der Waals surface area contributed by atoms with Crippen LogP contribution < -0.4 is 9.47 Å². The van der Waals surface area contributed by atoms with E-state index in [1.807, 2.05) is 48.7 Å². The minimum Gasteiger partial charge on any atom is -0.493 e. The number of methoxy groups -OCH3 is 2. The number of carboxylic acids is 1. The number of hydrogen-bond donors (Lipinski definition) is 1. The van der Waals surface area contributed by atoms with Crippen LogP contribution in [0.4, 0.5) is 8.78 Å². The number of fused-ring (bicyclic) bond motifs is 3. The summed E-state index contributed by atoms with van der Waals surface area (Å²) in [6.45, 7) is 0.965. The van der Waals surface area contributed by atoms with Crippen molar-refractivity contribution >= 4 is 23.5 Å². The van der Waals surface area contributed by atoms with Crippen LogP contribution in [0, 0.1) is 5.92 Å². The van der Waals surface area contributed by atoms with Crippen molar-refractivity contribution in [3.05, 3.63) is 76.6 Å². The quantitative estimate of drug-likeness (QED) is 0.403. The van der Waals surface area contributed by atoms with Crippen molar-refractivity contribution in [1.82, 2.24) is 9.47 Å². The number of aromatic nitrogens is 1. The summed E-state index contributed by atoms with van der Waals surface area (Å²) in [6, 6.07) is 15.8. The zero-order valence-electron chi connectivity index (χ0n) is 22.2. The molecule has 1 saturated heterocycles. The van der Waals surface area contributed by atoms with Crippen molar-refractivity contribution in [3.63, 3.8) is 0 Å². The summed E-state index contributed by atoms with van der Waals surface area (Å²) < 4.78 is 43.6. The van der Waals surface area contributed by atoms with E-state index < -0.39 is 18.3 Å². The summed E-state index contributed by atoms with van der Waals surface area (Å²) in [5, 5.41) is 9.20. The number of carboxylic acid groups (broad SMARTS) is 1. The molecule has 0 spiro atoms. The van der Waals surface area contributed by atoms with Crippen molar-refractivity contribution < 1.29 is 37.7 Å². The second kappa shape index (κ2) is 13.1. The fourth-order valence-corrected chi connectivity index (χ4v) is 5.28. The molecule has 0 bridgehead atoms. The number of nitrogens with zero attached hydrogens (tertiary/aromatic N) is 2. The third-order valence-electron chi connectivity index (χ3n) is 7.05. The molecule has 5 rings (SSSR count). The van der Waals surface area contributed by atoms with E-state index in [1.54, 1.807) is 14.2 Å². The van der Waals surface area contributed by atoms with Gasteiger partial charge >= 0.3 is 12.4 Å². The molecule has 0 aliphatic carbocycles. The van der Waals surface area contributed by atoms with Gasteiger partial charge in [-0.05, 0) is 55.2 Å². The number of alkyl halides is 2. The first-order chi connectivity index (χ1) is 19.2. The van der Waals surface area contributed by atoms with Crippen molar-refractivity contribution in [2.75, 3.05) is 27.3 Å². The van der Waals surface area contributed by atoms with E-state index in [2.05, 4.69) is 10.6 Å². The molecule has 1 aromatic heterocycles.